The molecule has 0 amide bonds. The third-order valence-corrected chi connectivity index (χ3v) is 0. The molecule has 0 aromatic rings. The van der Waals surface area contributed by atoms with Gasteiger partial charge in [0.25, 0.3) is 0 Å². The van der Waals surface area contributed by atoms with Crippen LogP contribution in [0.1, 0.15) is 1.43 Å². The maximum Gasteiger partial charge on any atom is 1.00 e. The van der Waals surface area contributed by atoms with Crippen LogP contribution in [0.25, 0.3) is 0 Å². The Balaban J connectivity index is -0.00000000333. The maximum atomic E-state index is 8.25. The Hall–Kier alpha value is 1.73. The smallest absolute Gasteiger partial charge is 1.00 e. The third-order valence-electron chi connectivity index (χ3n) is 0. The first-order valence-corrected chi connectivity index (χ1v) is 0.471. The van der Waals surface area contributed by atoms with Crippen LogP contribution in [-0.4, -0.2) is 15.8 Å². The molecule has 6 heteroatoms. The largest absolute Gasteiger partial charge is 1.00 e. The Morgan fingerprint density at radius 3 is 1.50 bits per heavy atom. The van der Waals surface area contributed by atoms with Crippen molar-refractivity contribution in [1.29, 1.82) is 0 Å². The number of hydrogen-bond donors (Lipinski definition) is 0. The Kier molecular flexibility index (Phi) is 124. The Labute approximate surface area is 85.0 Å². The number of hydrogen-bond acceptors (Lipinski definition) is 2. The summed E-state index contributed by atoms with van der Waals surface area (Å²) >= 11 is 0. The van der Waals surface area contributed by atoms with E-state index < -0.39 is 7.35 Å². The van der Waals surface area contributed by atoms with E-state index in [0.717, 1.165) is 0 Å². The van der Waals surface area contributed by atoms with Gasteiger partial charge in [-0.1, -0.05) is 0 Å². The summed E-state index contributed by atoms with van der Waals surface area (Å²) in [5.74, 6) is 0. The fourth-order valence-corrected chi connectivity index (χ4v) is 0. The molecule has 0 aliphatic carbocycles. The molecule has 0 saturated carbocycles. The first kappa shape index (κ1) is 25.2. The normalized spacial score (nSPS) is 1.33. The quantitative estimate of drug-likeness (QED) is 0.284. The van der Waals surface area contributed by atoms with E-state index in [1.807, 2.05) is 0 Å². The topological polar surface area (TPSA) is 40.1 Å². The van der Waals surface area contributed by atoms with Gasteiger partial charge in [-0.25, -0.2) is 0 Å². The third kappa shape index (κ3) is 42.8. The summed E-state index contributed by atoms with van der Waals surface area (Å²) in [5.41, 5.74) is 0. The van der Waals surface area contributed by atoms with Crippen molar-refractivity contribution >= 4 is 15.8 Å². The standard InChI is InChI=1S/BO2.B.2Na.H/c2-1-3;;;;/q-1;;2*+1;-1. The van der Waals surface area contributed by atoms with Crippen LogP contribution in [0.3, 0.4) is 0 Å². The summed E-state index contributed by atoms with van der Waals surface area (Å²) in [6, 6.07) is 0. The zero-order chi connectivity index (χ0) is 2.71. The molecular weight excluding hydrogens is 99.6 g/mol. The summed E-state index contributed by atoms with van der Waals surface area (Å²) in [7, 11) is -0.500. The van der Waals surface area contributed by atoms with E-state index in [2.05, 4.69) is 0 Å². The molecule has 0 bridgehead atoms. The van der Waals surface area contributed by atoms with Crippen LogP contribution in [-0.2, 0) is 4.70 Å². The van der Waals surface area contributed by atoms with Gasteiger partial charge in [-0.15, -0.1) is 0 Å². The van der Waals surface area contributed by atoms with Crippen LogP contribution in [0, 0.1) is 0 Å². The average molecular weight is 101 g/mol. The Bertz CT molecular complexity index is 21.2. The molecule has 0 unspecified atom stereocenters. The zero-order valence-electron chi connectivity index (χ0n) is 4.97. The molecule has 0 fully saturated rings. The molecule has 0 heterocycles. The van der Waals surface area contributed by atoms with E-state index in [-0.39, 0.29) is 69.0 Å². The molecule has 0 aliphatic heterocycles. The van der Waals surface area contributed by atoms with Gasteiger partial charge < -0.3 is 1.43 Å². The number of rotatable bonds is 0. The fraction of sp³-hybridized carbons (Fsp3) is 0. The molecule has 0 atom stereocenters. The monoisotopic (exact) mass is 101 g/mol. The van der Waals surface area contributed by atoms with Gasteiger partial charge in [0, 0.05) is 8.41 Å². The van der Waals surface area contributed by atoms with Crippen molar-refractivity contribution in [1.82, 2.24) is 0 Å². The van der Waals surface area contributed by atoms with Crippen molar-refractivity contribution in [3.63, 3.8) is 0 Å². The molecule has 0 rings (SSSR count). The van der Waals surface area contributed by atoms with Crippen molar-refractivity contribution in [2.75, 3.05) is 0 Å². The van der Waals surface area contributed by atoms with E-state index in [1.165, 1.54) is 0 Å². The molecule has 21 valence electrons. The summed E-state index contributed by atoms with van der Waals surface area (Å²) in [4.78, 5) is 0. The van der Waals surface area contributed by atoms with E-state index in [1.54, 1.807) is 0 Å². The van der Waals surface area contributed by atoms with Gasteiger partial charge in [-0.2, -0.15) is 0 Å². The van der Waals surface area contributed by atoms with Gasteiger partial charge in [0.15, 0.2) is 0 Å². The van der Waals surface area contributed by atoms with Gasteiger partial charge in [0.05, 0.1) is 0 Å². The van der Waals surface area contributed by atoms with Crippen LogP contribution in [0.5, 0.6) is 0 Å². The van der Waals surface area contributed by atoms with Crippen LogP contribution >= 0.6 is 0 Å². The van der Waals surface area contributed by atoms with Crippen LogP contribution < -0.4 is 64.1 Å². The van der Waals surface area contributed by atoms with Crippen LogP contribution in [0.15, 0.2) is 0 Å². The predicted molar refractivity (Wildman–Crippen MR) is 13.3 cm³/mol. The second-order valence-corrected chi connectivity index (χ2v) is 0.0962. The first-order valence-electron chi connectivity index (χ1n) is 0.471. The van der Waals surface area contributed by atoms with Gasteiger partial charge >= 0.3 is 76.2 Å². The minimum atomic E-state index is -0.500. The van der Waals surface area contributed by atoms with E-state index >= 15 is 0 Å². The first-order chi connectivity index (χ1) is 1.41. The second-order valence-electron chi connectivity index (χ2n) is 0.0962. The van der Waals surface area contributed by atoms with Crippen molar-refractivity contribution in [3.8, 4) is 0 Å². The van der Waals surface area contributed by atoms with Gasteiger partial charge in [0.2, 0.25) is 0 Å². The SMILES string of the molecule is O=B[O-].[B].[H-].[Na+].[Na+]. The van der Waals surface area contributed by atoms with E-state index in [4.69, 9.17) is 9.73 Å². The van der Waals surface area contributed by atoms with Gasteiger partial charge in [-0.05, 0) is 0 Å². The molecule has 0 saturated heterocycles. The summed E-state index contributed by atoms with van der Waals surface area (Å²) < 4.78 is 8.25. The Morgan fingerprint density at radius 2 is 1.50 bits per heavy atom. The van der Waals surface area contributed by atoms with E-state index in [9.17, 15) is 0 Å². The van der Waals surface area contributed by atoms with Crippen molar-refractivity contribution < 1.29 is 70.3 Å². The molecule has 0 aliphatic rings. The molecule has 6 heavy (non-hydrogen) atoms. The molecule has 0 N–H and O–H groups in total. The van der Waals surface area contributed by atoms with Crippen molar-refractivity contribution in [2.24, 2.45) is 0 Å². The maximum absolute atomic E-state index is 8.25. The average Bonchev–Trinajstić information content (AvgIpc) is 0.918. The fourth-order valence-electron chi connectivity index (χ4n) is 0. The Morgan fingerprint density at radius 1 is 1.50 bits per heavy atom. The molecule has 2 nitrogen and oxygen atoms in total. The van der Waals surface area contributed by atoms with Crippen molar-refractivity contribution in [3.05, 3.63) is 0 Å². The molecule has 0 spiro atoms. The molecular formula is HB2Na2O2. The van der Waals surface area contributed by atoms with Gasteiger partial charge in [-0.3, -0.25) is 0 Å². The second kappa shape index (κ2) is 29.6. The molecule has 3 radical (unpaired) electrons. The summed E-state index contributed by atoms with van der Waals surface area (Å²) in [6.07, 6.45) is 0. The van der Waals surface area contributed by atoms with Crippen LogP contribution in [0.2, 0.25) is 0 Å². The van der Waals surface area contributed by atoms with Crippen molar-refractivity contribution in [2.45, 2.75) is 0 Å². The summed E-state index contributed by atoms with van der Waals surface area (Å²) in [5, 5.41) is 8.25. The van der Waals surface area contributed by atoms with E-state index in [0.29, 0.717) is 0 Å². The minimum Gasteiger partial charge on any atom is -1.00 e. The molecule has 0 aromatic carbocycles. The van der Waals surface area contributed by atoms with Gasteiger partial charge in [0.1, 0.15) is 0 Å². The zero-order valence-corrected chi connectivity index (χ0v) is 7.97. The predicted octanol–water partition coefficient (Wildman–Crippen LogP) is -7.95. The minimum absolute atomic E-state index is 0. The summed E-state index contributed by atoms with van der Waals surface area (Å²) in [6.45, 7) is 0. The molecule has 0 aromatic heterocycles. The van der Waals surface area contributed by atoms with Crippen LogP contribution in [0.4, 0.5) is 0 Å².